The largest absolute Gasteiger partial charge is 0.490 e. The molecule has 4 atom stereocenters. The van der Waals surface area contributed by atoms with Crippen molar-refractivity contribution in [2.45, 2.75) is 69.7 Å². The van der Waals surface area contributed by atoms with Crippen molar-refractivity contribution < 1.29 is 65.9 Å². The summed E-state index contributed by atoms with van der Waals surface area (Å²) in [5, 5.41) is 10.4. The van der Waals surface area contributed by atoms with Gasteiger partial charge in [0.1, 0.15) is 24.8 Å². The Bertz CT molecular complexity index is 1820. The number of carbonyl (C=O) groups excluding carboxylic acids is 3. The van der Waals surface area contributed by atoms with Crippen LogP contribution < -0.4 is 28.2 Å². The van der Waals surface area contributed by atoms with Crippen LogP contribution in [0.2, 0.25) is 0 Å². The number of piperidine rings is 2. The molecule has 0 spiro atoms. The van der Waals surface area contributed by atoms with Gasteiger partial charge >= 0.3 is 35.5 Å². The minimum Gasteiger partial charge on any atom is -0.475 e. The Kier molecular flexibility index (Phi) is 17.0. The van der Waals surface area contributed by atoms with Gasteiger partial charge in [0.15, 0.2) is 30.8 Å². The van der Waals surface area contributed by atoms with E-state index in [1.807, 2.05) is 0 Å². The molecule has 58 heavy (non-hydrogen) atoms. The highest BCUT2D eigenvalue weighted by Crippen LogP contribution is 2.24. The summed E-state index contributed by atoms with van der Waals surface area (Å²) in [7, 11) is 5.24. The molecular formula is C33H44BF3N8O13. The van der Waals surface area contributed by atoms with Crippen LogP contribution in [0.1, 0.15) is 51.0 Å². The first kappa shape index (κ1) is 45.6. The molecular weight excluding hydrogens is 784 g/mol. The van der Waals surface area contributed by atoms with E-state index < -0.39 is 54.4 Å². The zero-order chi connectivity index (χ0) is 42.4. The molecule has 4 aliphatic heterocycles. The molecule has 2 radical (unpaired) electrons. The molecule has 4 fully saturated rings. The number of esters is 2. The van der Waals surface area contributed by atoms with Crippen molar-refractivity contribution in [3.8, 4) is 0 Å². The van der Waals surface area contributed by atoms with Gasteiger partial charge in [-0.15, -0.1) is 0 Å². The molecule has 2 aromatic heterocycles. The van der Waals surface area contributed by atoms with E-state index in [0.29, 0.717) is 38.3 Å². The number of halogens is 3. The summed E-state index contributed by atoms with van der Waals surface area (Å²) in [5.74, 6) is -2.98. The number of hydrogen-bond donors (Lipinski definition) is 4. The van der Waals surface area contributed by atoms with Crippen LogP contribution in [0.25, 0.3) is 0 Å². The molecule has 4 aliphatic rings. The number of nitrogens with one attached hydrogen (secondary N) is 1. The maximum Gasteiger partial charge on any atom is 0.490 e. The van der Waals surface area contributed by atoms with Gasteiger partial charge in [-0.05, 0) is 62.7 Å². The van der Waals surface area contributed by atoms with Crippen molar-refractivity contribution in [2.24, 2.45) is 11.8 Å². The fourth-order valence-electron chi connectivity index (χ4n) is 6.00. The third-order valence-electron chi connectivity index (χ3n) is 9.09. The summed E-state index contributed by atoms with van der Waals surface area (Å²) in [6.45, 7) is 3.26. The number of nitrogens with two attached hydrogens (primary N) is 2. The third kappa shape index (κ3) is 14.7. The van der Waals surface area contributed by atoms with Gasteiger partial charge < -0.3 is 55.2 Å². The van der Waals surface area contributed by atoms with Gasteiger partial charge in [0.25, 0.3) is 0 Å². The van der Waals surface area contributed by atoms with E-state index >= 15 is 0 Å². The van der Waals surface area contributed by atoms with Gasteiger partial charge in [-0.3, -0.25) is 23.5 Å². The molecule has 6 heterocycles. The number of aromatic nitrogens is 4. The summed E-state index contributed by atoms with van der Waals surface area (Å²) < 4.78 is 66.7. The normalized spacial score (nSPS) is 22.5. The second kappa shape index (κ2) is 21.6. The number of carboxylic acid groups (broad SMARTS) is 1. The lowest BCUT2D eigenvalue weighted by Crippen LogP contribution is -2.38. The van der Waals surface area contributed by atoms with Crippen LogP contribution in [-0.2, 0) is 42.8 Å². The highest BCUT2D eigenvalue weighted by atomic mass is 19.4. The lowest BCUT2D eigenvalue weighted by molar-refractivity contribution is -0.192. The van der Waals surface area contributed by atoms with Crippen LogP contribution in [0.4, 0.5) is 29.6 Å². The molecule has 0 aromatic carbocycles. The van der Waals surface area contributed by atoms with Crippen molar-refractivity contribution in [2.75, 3.05) is 64.1 Å². The molecule has 25 heteroatoms. The zero-order valence-corrected chi connectivity index (χ0v) is 31.1. The van der Waals surface area contributed by atoms with Crippen LogP contribution >= 0.6 is 0 Å². The van der Waals surface area contributed by atoms with E-state index in [0.717, 1.165) is 25.9 Å². The molecule has 0 bridgehead atoms. The van der Waals surface area contributed by atoms with Crippen molar-refractivity contribution in [1.29, 1.82) is 0 Å². The molecule has 0 saturated carbocycles. The Morgan fingerprint density at radius 2 is 1.22 bits per heavy atom. The third-order valence-corrected chi connectivity index (χ3v) is 9.09. The number of ether oxygens (including phenoxy) is 6. The summed E-state index contributed by atoms with van der Waals surface area (Å²) >= 11 is 0. The fraction of sp³-hybridized carbons (Fsp3) is 0.636. The number of hydrogen-bond acceptors (Lipinski definition) is 17. The van der Waals surface area contributed by atoms with Crippen molar-refractivity contribution in [1.82, 2.24) is 29.3 Å². The number of alkyl halides is 3. The Morgan fingerprint density at radius 3 is 1.60 bits per heavy atom. The highest BCUT2D eigenvalue weighted by Gasteiger charge is 2.38. The molecule has 0 unspecified atom stereocenters. The van der Waals surface area contributed by atoms with Gasteiger partial charge in [-0.1, -0.05) is 0 Å². The minimum absolute atomic E-state index is 0.0114. The monoisotopic (exact) mass is 828 g/mol. The standard InChI is InChI=1S/C16H21BN4O6.C15H22N4O5.C2HF3O2/c17-15(23)20-4-1-10(2-5-20)7-13(22)25-9-14-26-8-12(27-14)21-6-3-11(18)19-16(21)24;16-11-3-6-19(15(21)18-11)12-8-23-14(24-12)9-22-13(20)7-10-1-4-17-5-2-10;3-2(4,5)1(6)7/h3,6,10,12,14H,1-2,4-5,7-9H2,(H2,18,19,24);3,6,10,12,14,17H,1-2,4-5,7-9H2,(H2,16,18,21);(H,6,7)/t2*12-,14-;/m00./s1. The quantitative estimate of drug-likeness (QED) is 0.180. The Balaban J connectivity index is 0.000000222. The number of nitrogens with zero attached hydrogens (tertiary/aromatic N) is 5. The topological polar surface area (TPSA) is 281 Å². The molecule has 4 saturated heterocycles. The molecule has 318 valence electrons. The van der Waals surface area contributed by atoms with Crippen LogP contribution in [0, 0.1) is 11.8 Å². The second-order valence-corrected chi connectivity index (χ2v) is 13.3. The van der Waals surface area contributed by atoms with Crippen LogP contribution in [0.15, 0.2) is 34.1 Å². The van der Waals surface area contributed by atoms with Gasteiger partial charge in [-0.2, -0.15) is 23.1 Å². The molecule has 1 amide bonds. The molecule has 0 aliphatic carbocycles. The van der Waals surface area contributed by atoms with Gasteiger partial charge in [0, 0.05) is 38.3 Å². The second-order valence-electron chi connectivity index (χ2n) is 13.3. The van der Waals surface area contributed by atoms with Crippen LogP contribution in [0.5, 0.6) is 0 Å². The van der Waals surface area contributed by atoms with E-state index in [9.17, 15) is 37.1 Å². The first-order chi connectivity index (χ1) is 27.5. The summed E-state index contributed by atoms with van der Waals surface area (Å²) in [4.78, 5) is 76.3. The van der Waals surface area contributed by atoms with Crippen molar-refractivity contribution in [3.63, 3.8) is 0 Å². The zero-order valence-electron chi connectivity index (χ0n) is 31.1. The van der Waals surface area contributed by atoms with E-state index in [2.05, 4.69) is 15.3 Å². The van der Waals surface area contributed by atoms with E-state index in [-0.39, 0.29) is 62.3 Å². The summed E-state index contributed by atoms with van der Waals surface area (Å²) in [6.07, 6.45) is -0.698. The fourth-order valence-corrected chi connectivity index (χ4v) is 6.00. The predicted octanol–water partition coefficient (Wildman–Crippen LogP) is -0.106. The SMILES string of the molecule is Nc1ccn([C@@H]2CO[C@H](COC(=O)CC3CCNCC3)O2)c(=O)n1.O=C(O)C(F)(F)F.[B]C(=O)N1CCC(CC(=O)OC[C@H]2OC[C@@H](n3ccc(N)nc3=O)O2)CC1. The first-order valence-electron chi connectivity index (χ1n) is 18.1. The number of rotatable bonds is 10. The van der Waals surface area contributed by atoms with Gasteiger partial charge in [0.05, 0.1) is 13.2 Å². The van der Waals surface area contributed by atoms with E-state index in [1.165, 1.54) is 33.7 Å². The highest BCUT2D eigenvalue weighted by molar-refractivity contribution is 6.56. The number of carbonyl (C=O) groups is 4. The lowest BCUT2D eigenvalue weighted by Gasteiger charge is -2.31. The smallest absolute Gasteiger partial charge is 0.475 e. The maximum absolute atomic E-state index is 12.0. The Morgan fingerprint density at radius 1 is 0.810 bits per heavy atom. The number of nitrogen functional groups attached to an aromatic ring is 2. The lowest BCUT2D eigenvalue weighted by atomic mass is 9.92. The van der Waals surface area contributed by atoms with Gasteiger partial charge in [-0.25, -0.2) is 14.4 Å². The predicted molar refractivity (Wildman–Crippen MR) is 191 cm³/mol. The number of likely N-dealkylation sites (tertiary alicyclic amines) is 1. The maximum atomic E-state index is 12.0. The Labute approximate surface area is 329 Å². The average Bonchev–Trinajstić information content (AvgIpc) is 3.84. The average molecular weight is 829 g/mol. The van der Waals surface area contributed by atoms with Crippen LogP contribution in [-0.4, -0.2) is 132 Å². The Hall–Kier alpha value is -5.11. The molecule has 6 N–H and O–H groups in total. The van der Waals surface area contributed by atoms with Crippen molar-refractivity contribution >= 4 is 43.2 Å². The molecule has 2 aromatic rings. The first-order valence-corrected chi connectivity index (χ1v) is 18.1. The number of amides is 1. The molecule has 21 nitrogen and oxygen atoms in total. The van der Waals surface area contributed by atoms with Crippen molar-refractivity contribution in [3.05, 3.63) is 45.5 Å². The summed E-state index contributed by atoms with van der Waals surface area (Å²) in [6, 6.07) is 3.00. The number of carboxylic acids is 1. The van der Waals surface area contributed by atoms with E-state index in [1.54, 1.807) is 4.90 Å². The molecule has 6 rings (SSSR count). The van der Waals surface area contributed by atoms with Crippen LogP contribution in [0.3, 0.4) is 0 Å². The van der Waals surface area contributed by atoms with Gasteiger partial charge in [0.2, 0.25) is 7.85 Å². The minimum atomic E-state index is -5.08. The summed E-state index contributed by atoms with van der Waals surface area (Å²) in [5.41, 5.74) is 9.86. The number of anilines is 2. The van der Waals surface area contributed by atoms with E-state index in [4.69, 9.17) is 57.6 Å². The number of aliphatic carboxylic acids is 1.